The zero-order chi connectivity index (χ0) is 24.5. The van der Waals surface area contributed by atoms with Crippen LogP contribution in [0.3, 0.4) is 0 Å². The van der Waals surface area contributed by atoms with E-state index >= 15 is 0 Å². The maximum absolute atomic E-state index is 13.3. The maximum atomic E-state index is 13.3. The van der Waals surface area contributed by atoms with Gasteiger partial charge in [0.25, 0.3) is 0 Å². The Labute approximate surface area is 196 Å². The van der Waals surface area contributed by atoms with Crippen LogP contribution in [0, 0.1) is 6.92 Å². The Bertz CT molecular complexity index is 1340. The van der Waals surface area contributed by atoms with Gasteiger partial charge in [-0.25, -0.2) is 0 Å². The van der Waals surface area contributed by atoms with Crippen molar-refractivity contribution in [3.63, 3.8) is 0 Å². The Morgan fingerprint density at radius 3 is 2.47 bits per heavy atom. The predicted octanol–water partition coefficient (Wildman–Crippen LogP) is 7.48. The van der Waals surface area contributed by atoms with Crippen LogP contribution in [0.1, 0.15) is 43.0 Å². The van der Waals surface area contributed by atoms with Gasteiger partial charge in [0.05, 0.1) is 34.9 Å². The molecule has 2 heterocycles. The summed E-state index contributed by atoms with van der Waals surface area (Å²) in [6, 6.07) is 20.0. The van der Waals surface area contributed by atoms with Gasteiger partial charge >= 0.3 is 6.18 Å². The van der Waals surface area contributed by atoms with Gasteiger partial charge in [-0.15, -0.1) is 0 Å². The summed E-state index contributed by atoms with van der Waals surface area (Å²) < 4.78 is 42.0. The number of hydrogen-bond donors (Lipinski definition) is 2. The second-order valence-corrected chi connectivity index (χ2v) is 8.00. The lowest BCUT2D eigenvalue weighted by molar-refractivity contribution is -0.138. The Morgan fingerprint density at radius 2 is 1.71 bits per heavy atom. The topological polar surface area (TPSA) is 46.1 Å². The maximum Gasteiger partial charge on any atom is 0.416 e. The van der Waals surface area contributed by atoms with Crippen LogP contribution in [0.5, 0.6) is 0 Å². The first kappa shape index (κ1) is 23.4. The Balaban J connectivity index is 0.00000133. The molecule has 0 bridgehead atoms. The van der Waals surface area contributed by atoms with Gasteiger partial charge in [-0.1, -0.05) is 44.2 Å². The second kappa shape index (κ2) is 9.25. The lowest BCUT2D eigenvalue weighted by atomic mass is 10.0. The molecule has 34 heavy (non-hydrogen) atoms. The van der Waals surface area contributed by atoms with Gasteiger partial charge in [0.1, 0.15) is 0 Å². The van der Waals surface area contributed by atoms with E-state index in [2.05, 4.69) is 15.2 Å². The first-order valence-corrected chi connectivity index (χ1v) is 11.2. The van der Waals surface area contributed by atoms with E-state index < -0.39 is 11.7 Å². The molecule has 4 aromatic rings. The fourth-order valence-electron chi connectivity index (χ4n) is 4.26. The van der Waals surface area contributed by atoms with E-state index in [4.69, 9.17) is 0 Å². The highest BCUT2D eigenvalue weighted by Crippen LogP contribution is 2.40. The molecular formula is C27H26F3N3O. The third kappa shape index (κ3) is 4.51. The lowest BCUT2D eigenvalue weighted by Crippen LogP contribution is -2.16. The number of fused-ring (bicyclic) bond motifs is 2. The van der Waals surface area contributed by atoms with Crippen molar-refractivity contribution in [3.8, 4) is 5.69 Å². The molecular weight excluding hydrogens is 439 g/mol. The minimum absolute atomic E-state index is 0.102. The number of nitrogens with zero attached hydrogens (tertiary/aromatic N) is 1. The summed E-state index contributed by atoms with van der Waals surface area (Å²) in [7, 11) is 0. The largest absolute Gasteiger partial charge is 0.416 e. The molecule has 0 saturated heterocycles. The van der Waals surface area contributed by atoms with Gasteiger partial charge in [-0.05, 0) is 59.8 Å². The van der Waals surface area contributed by atoms with Crippen molar-refractivity contribution >= 4 is 28.2 Å². The zero-order valence-corrected chi connectivity index (χ0v) is 19.2. The van der Waals surface area contributed by atoms with Crippen molar-refractivity contribution in [2.45, 2.75) is 39.4 Å². The number of rotatable bonds is 2. The minimum atomic E-state index is -4.48. The number of anilines is 2. The van der Waals surface area contributed by atoms with Crippen molar-refractivity contribution in [2.75, 3.05) is 10.6 Å². The number of carbonyl (C=O) groups is 1. The van der Waals surface area contributed by atoms with Crippen LogP contribution in [0.15, 0.2) is 72.9 Å². The molecule has 1 aliphatic rings. The molecule has 1 unspecified atom stereocenters. The predicted molar refractivity (Wildman–Crippen MR) is 130 cm³/mol. The molecule has 1 aromatic heterocycles. The molecule has 0 spiro atoms. The first-order valence-electron chi connectivity index (χ1n) is 11.2. The number of hydrogen-bond acceptors (Lipinski definition) is 2. The molecule has 5 rings (SSSR count). The van der Waals surface area contributed by atoms with Crippen molar-refractivity contribution in [3.05, 3.63) is 89.6 Å². The van der Waals surface area contributed by atoms with Gasteiger partial charge in [0.2, 0.25) is 5.91 Å². The number of amides is 1. The summed E-state index contributed by atoms with van der Waals surface area (Å²) in [4.78, 5) is 12.5. The summed E-state index contributed by atoms with van der Waals surface area (Å²) in [5, 5.41) is 7.02. The standard InChI is InChI=1S/C25H20F3N3O.C2H6/c1-15-11-21-22(13-19(15)25(26,27)28)30-24(32)14-20(29-21)17-6-4-7-18(12-17)31-10-9-16-5-2-3-8-23(16)31;1-2/h2-13,20,29H,14H2,1H3,(H,30,32);1-2H3. The summed E-state index contributed by atoms with van der Waals surface area (Å²) in [5.74, 6) is -0.338. The Hall–Kier alpha value is -3.74. The summed E-state index contributed by atoms with van der Waals surface area (Å²) in [6.45, 7) is 5.42. The van der Waals surface area contributed by atoms with Crippen LogP contribution in [-0.2, 0) is 11.0 Å². The van der Waals surface area contributed by atoms with Crippen LogP contribution in [-0.4, -0.2) is 10.5 Å². The number of alkyl halides is 3. The van der Waals surface area contributed by atoms with Gasteiger partial charge < -0.3 is 15.2 Å². The van der Waals surface area contributed by atoms with E-state index in [9.17, 15) is 18.0 Å². The van der Waals surface area contributed by atoms with Gasteiger partial charge in [0, 0.05) is 11.9 Å². The van der Waals surface area contributed by atoms with Crippen LogP contribution in [0.2, 0.25) is 0 Å². The highest BCUT2D eigenvalue weighted by atomic mass is 19.4. The zero-order valence-electron chi connectivity index (χ0n) is 19.2. The molecule has 0 fully saturated rings. The lowest BCUT2D eigenvalue weighted by Gasteiger charge is -2.20. The second-order valence-electron chi connectivity index (χ2n) is 8.00. The van der Waals surface area contributed by atoms with E-state index in [-0.39, 0.29) is 29.6 Å². The molecule has 1 amide bonds. The van der Waals surface area contributed by atoms with Crippen LogP contribution < -0.4 is 10.6 Å². The molecule has 4 nitrogen and oxygen atoms in total. The van der Waals surface area contributed by atoms with Crippen molar-refractivity contribution in [1.82, 2.24) is 4.57 Å². The van der Waals surface area contributed by atoms with Crippen molar-refractivity contribution in [2.24, 2.45) is 0 Å². The van der Waals surface area contributed by atoms with E-state index in [1.54, 1.807) is 0 Å². The summed E-state index contributed by atoms with van der Waals surface area (Å²) >= 11 is 0. The highest BCUT2D eigenvalue weighted by molar-refractivity contribution is 5.97. The fraction of sp³-hybridized carbons (Fsp3) is 0.222. The number of halogens is 3. The normalized spacial score (nSPS) is 15.5. The fourth-order valence-corrected chi connectivity index (χ4v) is 4.26. The number of para-hydroxylation sites is 1. The number of carbonyl (C=O) groups excluding carboxylic acids is 1. The monoisotopic (exact) mass is 465 g/mol. The van der Waals surface area contributed by atoms with E-state index in [1.807, 2.05) is 74.6 Å². The molecule has 0 aliphatic carbocycles. The SMILES string of the molecule is CC.Cc1cc2c(cc1C(F)(F)F)NC(=O)CC(c1cccc(-n3ccc4ccccc43)c1)N2. The third-order valence-corrected chi connectivity index (χ3v) is 5.81. The van der Waals surface area contributed by atoms with Crippen molar-refractivity contribution in [1.29, 1.82) is 0 Å². The van der Waals surface area contributed by atoms with E-state index in [0.717, 1.165) is 28.2 Å². The summed E-state index contributed by atoms with van der Waals surface area (Å²) in [6.07, 6.45) is -2.39. The summed E-state index contributed by atoms with van der Waals surface area (Å²) in [5.41, 5.74) is 2.85. The smallest absolute Gasteiger partial charge is 0.376 e. The van der Waals surface area contributed by atoms with Gasteiger partial charge in [-0.2, -0.15) is 13.2 Å². The minimum Gasteiger partial charge on any atom is -0.376 e. The third-order valence-electron chi connectivity index (χ3n) is 5.81. The van der Waals surface area contributed by atoms with Crippen LogP contribution in [0.4, 0.5) is 24.5 Å². The molecule has 0 saturated carbocycles. The molecule has 0 radical (unpaired) electrons. The van der Waals surface area contributed by atoms with Gasteiger partial charge in [0.15, 0.2) is 0 Å². The molecule has 7 heteroatoms. The molecule has 1 atom stereocenters. The van der Waals surface area contributed by atoms with E-state index in [1.165, 1.54) is 13.0 Å². The van der Waals surface area contributed by atoms with Crippen molar-refractivity contribution < 1.29 is 18.0 Å². The molecule has 3 aromatic carbocycles. The number of aryl methyl sites for hydroxylation is 1. The average molecular weight is 466 g/mol. The quantitative estimate of drug-likeness (QED) is 0.322. The van der Waals surface area contributed by atoms with Crippen LogP contribution in [0.25, 0.3) is 16.6 Å². The van der Waals surface area contributed by atoms with Crippen LogP contribution >= 0.6 is 0 Å². The Kier molecular flexibility index (Phi) is 6.37. The molecule has 1 aliphatic heterocycles. The number of benzene rings is 3. The average Bonchev–Trinajstić information content (AvgIpc) is 3.17. The number of nitrogens with one attached hydrogen (secondary N) is 2. The molecule has 2 N–H and O–H groups in total. The Morgan fingerprint density at radius 1 is 0.941 bits per heavy atom. The van der Waals surface area contributed by atoms with Gasteiger partial charge in [-0.3, -0.25) is 4.79 Å². The molecule has 176 valence electrons. The highest BCUT2D eigenvalue weighted by Gasteiger charge is 2.34. The number of aromatic nitrogens is 1. The van der Waals surface area contributed by atoms with E-state index in [0.29, 0.717) is 5.69 Å². The first-order chi connectivity index (χ1) is 16.3.